The van der Waals surface area contributed by atoms with Crippen molar-refractivity contribution >= 4 is 54.9 Å². The molecule has 0 aromatic heterocycles. The molecular weight excluding hydrogens is 208 g/mol. The van der Waals surface area contributed by atoms with Gasteiger partial charge in [0, 0.05) is 10.7 Å². The summed E-state index contributed by atoms with van der Waals surface area (Å²) in [4.78, 5) is 0. The summed E-state index contributed by atoms with van der Waals surface area (Å²) >= 11 is 6.40. The lowest BCUT2D eigenvalue weighted by atomic mass is 11.0. The van der Waals surface area contributed by atoms with E-state index in [1.54, 1.807) is 0 Å². The minimum absolute atomic E-state index is 0. The van der Waals surface area contributed by atoms with Crippen LogP contribution in [0.1, 0.15) is 0 Å². The van der Waals surface area contributed by atoms with Crippen molar-refractivity contribution in [3.8, 4) is 0 Å². The summed E-state index contributed by atoms with van der Waals surface area (Å²) in [5.41, 5.74) is 0. The molecule has 30 valence electrons. The van der Waals surface area contributed by atoms with E-state index in [0.29, 0.717) is 0 Å². The van der Waals surface area contributed by atoms with E-state index in [2.05, 4.69) is 31.9 Å². The van der Waals surface area contributed by atoms with Crippen molar-refractivity contribution in [2.75, 3.05) is 10.7 Å². The average Bonchev–Trinajstić information content (AvgIpc) is 1.37. The van der Waals surface area contributed by atoms with Crippen molar-refractivity contribution in [3.63, 3.8) is 0 Å². The molecule has 0 nitrogen and oxygen atoms in total. The quantitative estimate of drug-likeness (QED) is 0.448. The van der Waals surface area contributed by atoms with E-state index < -0.39 is 0 Å². The molecule has 0 heterocycles. The van der Waals surface area contributed by atoms with Gasteiger partial charge in [-0.15, -0.1) is 0 Å². The Morgan fingerprint density at radius 2 is 1.20 bits per heavy atom. The van der Waals surface area contributed by atoms with Gasteiger partial charge in [0.2, 0.25) is 0 Å². The van der Waals surface area contributed by atoms with Crippen LogP contribution in [0.25, 0.3) is 0 Å². The Kier molecular flexibility index (Phi) is 18.2. The van der Waals surface area contributed by atoms with E-state index >= 15 is 0 Å². The van der Waals surface area contributed by atoms with Crippen molar-refractivity contribution in [2.24, 2.45) is 0 Å². The zero-order valence-corrected chi connectivity index (χ0v) is 5.34. The molecule has 0 aromatic carbocycles. The van der Waals surface area contributed by atoms with Gasteiger partial charge in [0.15, 0.2) is 0 Å². The van der Waals surface area contributed by atoms with Crippen LogP contribution in [-0.2, 0) is 0 Å². The monoisotopic (exact) mass is 212 g/mol. The molecule has 0 unspecified atom stereocenters. The van der Waals surface area contributed by atoms with Gasteiger partial charge in [-0.1, -0.05) is 31.9 Å². The predicted octanol–water partition coefficient (Wildman–Crippen LogP) is 0.860. The lowest BCUT2D eigenvalue weighted by Gasteiger charge is -1.63. The molecule has 0 aliphatic heterocycles. The first-order valence-electron chi connectivity index (χ1n) is 1.03. The Morgan fingerprint density at radius 3 is 1.20 bits per heavy atom. The van der Waals surface area contributed by atoms with Gasteiger partial charge in [-0.05, 0) is 0 Å². The van der Waals surface area contributed by atoms with Crippen LogP contribution in [0.5, 0.6) is 0 Å². The van der Waals surface area contributed by atoms with Gasteiger partial charge in [-0.25, -0.2) is 0 Å². The first kappa shape index (κ1) is 9.87. The molecule has 0 aliphatic carbocycles. The Morgan fingerprint density at radius 1 is 1.00 bits per heavy atom. The SMILES string of the molecule is BrCCBr.[MgH2]. The van der Waals surface area contributed by atoms with E-state index in [9.17, 15) is 0 Å². The molecule has 0 bridgehead atoms. The van der Waals surface area contributed by atoms with E-state index in [1.807, 2.05) is 0 Å². The topological polar surface area (TPSA) is 0 Å². The number of hydrogen-bond acceptors (Lipinski definition) is 0. The van der Waals surface area contributed by atoms with Gasteiger partial charge < -0.3 is 0 Å². The lowest BCUT2D eigenvalue weighted by Crippen LogP contribution is -1.61. The van der Waals surface area contributed by atoms with Crippen LogP contribution in [0.4, 0.5) is 0 Å². The Hall–Kier alpha value is 1.73. The van der Waals surface area contributed by atoms with Gasteiger partial charge in [-0.3, -0.25) is 0 Å². The molecule has 0 aromatic rings. The summed E-state index contributed by atoms with van der Waals surface area (Å²) in [5, 5.41) is 2.10. The first-order chi connectivity index (χ1) is 1.91. The molecule has 0 atom stereocenters. The summed E-state index contributed by atoms with van der Waals surface area (Å²) in [6, 6.07) is 0. The fraction of sp³-hybridized carbons (Fsp3) is 1.00. The zero-order valence-electron chi connectivity index (χ0n) is 2.17. The summed E-state index contributed by atoms with van der Waals surface area (Å²) in [7, 11) is 0. The second kappa shape index (κ2) is 9.21. The molecule has 5 heavy (non-hydrogen) atoms. The normalized spacial score (nSPS) is 6.00. The largest absolute Gasteiger partial charge is 0.316 e. The molecule has 0 fully saturated rings. The summed E-state index contributed by atoms with van der Waals surface area (Å²) < 4.78 is 0. The van der Waals surface area contributed by atoms with Crippen LogP contribution >= 0.6 is 31.9 Å². The van der Waals surface area contributed by atoms with Crippen LogP contribution in [0, 0.1) is 0 Å². The third kappa shape index (κ3) is 10.7. The summed E-state index contributed by atoms with van der Waals surface area (Å²) in [5.74, 6) is 0. The summed E-state index contributed by atoms with van der Waals surface area (Å²) in [6.45, 7) is 0. The smallest absolute Gasteiger partial charge is 0.0919 e. The molecule has 3 heteroatoms. The van der Waals surface area contributed by atoms with Crippen molar-refractivity contribution < 1.29 is 0 Å². The summed E-state index contributed by atoms with van der Waals surface area (Å²) in [6.07, 6.45) is 0. The molecule has 0 rings (SSSR count). The maximum absolute atomic E-state index is 3.20. The van der Waals surface area contributed by atoms with Crippen LogP contribution in [0.2, 0.25) is 0 Å². The predicted molar refractivity (Wildman–Crippen MR) is 36.1 cm³/mol. The zero-order chi connectivity index (χ0) is 3.41. The van der Waals surface area contributed by atoms with E-state index in [-0.39, 0.29) is 23.1 Å². The van der Waals surface area contributed by atoms with Crippen molar-refractivity contribution in [3.05, 3.63) is 0 Å². The fourth-order valence-corrected chi connectivity index (χ4v) is 0. The van der Waals surface area contributed by atoms with Crippen molar-refractivity contribution in [1.82, 2.24) is 0 Å². The van der Waals surface area contributed by atoms with Crippen molar-refractivity contribution in [2.45, 2.75) is 0 Å². The Bertz CT molecular complexity index is 9.61. The molecule has 0 N–H and O–H groups in total. The number of halogens is 2. The highest BCUT2D eigenvalue weighted by Gasteiger charge is 1.60. The Balaban J connectivity index is 0. The molecule has 0 radical (unpaired) electrons. The van der Waals surface area contributed by atoms with E-state index in [0.717, 1.165) is 10.7 Å². The highest BCUT2D eigenvalue weighted by atomic mass is 79.9. The number of hydrogen-bond donors (Lipinski definition) is 0. The number of rotatable bonds is 1. The second-order valence-corrected chi connectivity index (χ2v) is 1.96. The standard InChI is InChI=1S/C2H4Br2.Mg.2H/c3-1-2-4;;;/h1-2H2;;;. The van der Waals surface area contributed by atoms with E-state index in [1.165, 1.54) is 0 Å². The van der Waals surface area contributed by atoms with Crippen LogP contribution in [0.3, 0.4) is 0 Å². The molecule has 0 saturated carbocycles. The number of alkyl halides is 2. The van der Waals surface area contributed by atoms with Crippen molar-refractivity contribution in [1.29, 1.82) is 0 Å². The van der Waals surface area contributed by atoms with Gasteiger partial charge >= 0.3 is 23.1 Å². The van der Waals surface area contributed by atoms with Crippen LogP contribution in [0.15, 0.2) is 0 Å². The highest BCUT2D eigenvalue weighted by Crippen LogP contribution is 1.82. The maximum atomic E-state index is 3.20. The lowest BCUT2D eigenvalue weighted by molar-refractivity contribution is 1.62. The molecule has 0 saturated heterocycles. The van der Waals surface area contributed by atoms with Gasteiger partial charge in [0.1, 0.15) is 0 Å². The third-order valence-electron chi connectivity index (χ3n) is 0.0714. The molecule has 0 amide bonds. The first-order valence-corrected chi connectivity index (χ1v) is 3.28. The second-order valence-electron chi connectivity index (χ2n) is 0.378. The molecule has 0 aliphatic rings. The minimum atomic E-state index is 0. The highest BCUT2D eigenvalue weighted by molar-refractivity contribution is 9.11. The Labute approximate surface area is 65.1 Å². The average molecular weight is 214 g/mol. The van der Waals surface area contributed by atoms with Crippen LogP contribution in [-0.4, -0.2) is 33.7 Å². The fourth-order valence-electron chi connectivity index (χ4n) is 0. The minimum Gasteiger partial charge on any atom is -0.0919 e. The third-order valence-corrected chi connectivity index (χ3v) is 1.93. The van der Waals surface area contributed by atoms with Gasteiger partial charge in [-0.2, -0.15) is 0 Å². The maximum Gasteiger partial charge on any atom is 0.316 e. The molecule has 0 spiro atoms. The molecular formula is C2H6Br2Mg. The van der Waals surface area contributed by atoms with Gasteiger partial charge in [0.25, 0.3) is 0 Å². The van der Waals surface area contributed by atoms with Crippen LogP contribution < -0.4 is 0 Å². The van der Waals surface area contributed by atoms with E-state index in [4.69, 9.17) is 0 Å². The van der Waals surface area contributed by atoms with Gasteiger partial charge in [0.05, 0.1) is 0 Å².